The first-order chi connectivity index (χ1) is 10.7. The maximum Gasteiger partial charge on any atom is 0.0492 e. The van der Waals surface area contributed by atoms with E-state index in [0.29, 0.717) is 17.4 Å². The fraction of sp³-hybridized carbons (Fsp3) is 1.00. The van der Waals surface area contributed by atoms with Crippen molar-refractivity contribution in [3.63, 3.8) is 0 Å². The minimum Gasteiger partial charge on any atom is -0.396 e. The average Bonchev–Trinajstić information content (AvgIpc) is 2.90. The summed E-state index contributed by atoms with van der Waals surface area (Å²) in [5, 5.41) is 10.4. The molecule has 4 aliphatic rings. The molecule has 4 fully saturated rings. The van der Waals surface area contributed by atoms with Crippen LogP contribution in [0.2, 0.25) is 0 Å². The lowest BCUT2D eigenvalue weighted by Crippen LogP contribution is -2.55. The summed E-state index contributed by atoms with van der Waals surface area (Å²) in [5.41, 5.74) is 0.959. The molecule has 0 radical (unpaired) electrons. The molecule has 0 saturated heterocycles. The Morgan fingerprint density at radius 1 is 0.909 bits per heavy atom. The van der Waals surface area contributed by atoms with Crippen LogP contribution in [0.3, 0.4) is 0 Å². The van der Waals surface area contributed by atoms with Crippen molar-refractivity contribution in [2.24, 2.45) is 40.4 Å². The highest BCUT2D eigenvalue weighted by molar-refractivity contribution is 5.09. The third-order valence-corrected chi connectivity index (χ3v) is 9.27. The fourth-order valence-electron chi connectivity index (χ4n) is 8.16. The van der Waals surface area contributed by atoms with Gasteiger partial charge in [-0.05, 0) is 91.8 Å². The van der Waals surface area contributed by atoms with Gasteiger partial charge in [0.25, 0.3) is 0 Å². The molecular weight excluding hydrogens is 268 g/mol. The van der Waals surface area contributed by atoms with E-state index in [9.17, 15) is 5.11 Å². The highest BCUT2D eigenvalue weighted by Gasteiger charge is 2.60. The molecule has 0 aromatic carbocycles. The second-order valence-electron chi connectivity index (χ2n) is 9.52. The number of rotatable bonds is 2. The second kappa shape index (κ2) is 5.50. The minimum atomic E-state index is 0.326. The molecule has 0 amide bonds. The molecule has 1 N–H and O–H groups in total. The summed E-state index contributed by atoms with van der Waals surface area (Å²) in [6.07, 6.45) is 15.7. The van der Waals surface area contributed by atoms with Crippen LogP contribution in [-0.4, -0.2) is 11.7 Å². The Kier molecular flexibility index (Phi) is 3.87. The number of aliphatic hydroxyl groups excluding tert-OH is 1. The summed E-state index contributed by atoms with van der Waals surface area (Å²) >= 11 is 0. The van der Waals surface area contributed by atoms with Crippen LogP contribution in [0.25, 0.3) is 0 Å². The molecule has 0 bridgehead atoms. The summed E-state index contributed by atoms with van der Waals surface area (Å²) in [6.45, 7) is 5.53. The zero-order valence-corrected chi connectivity index (χ0v) is 14.8. The standard InChI is InChI=1S/C21H36O/c1-3-15-8-10-18-17-9-7-16-6-4-5-12-21(16,14-22)19(17)11-13-20(15,18)2/h15-19,22H,3-14H2,1-2H3/t15-,16-,17-,18-,19-,20+,21+/m0/s1. The molecule has 126 valence electrons. The molecular formula is C21H36O. The van der Waals surface area contributed by atoms with E-state index in [-0.39, 0.29) is 0 Å². The van der Waals surface area contributed by atoms with Crippen LogP contribution >= 0.6 is 0 Å². The predicted molar refractivity (Wildman–Crippen MR) is 91.5 cm³/mol. The molecule has 4 aliphatic carbocycles. The molecule has 7 atom stereocenters. The molecule has 1 heteroatoms. The maximum atomic E-state index is 10.4. The molecule has 0 heterocycles. The summed E-state index contributed by atoms with van der Waals surface area (Å²) < 4.78 is 0. The van der Waals surface area contributed by atoms with Gasteiger partial charge in [0.2, 0.25) is 0 Å². The molecule has 0 aromatic heterocycles. The Bertz CT molecular complexity index is 418. The Labute approximate surface area is 137 Å². The Hall–Kier alpha value is -0.0400. The lowest BCUT2D eigenvalue weighted by atomic mass is 9.44. The van der Waals surface area contributed by atoms with Crippen molar-refractivity contribution in [1.29, 1.82) is 0 Å². The molecule has 0 aliphatic heterocycles. The highest BCUT2D eigenvalue weighted by atomic mass is 16.3. The SMILES string of the molecule is CC[C@H]1CC[C@H]2[C@@H]3CC[C@@H]4CCCC[C@]4(CO)[C@H]3CC[C@]12C. The summed E-state index contributed by atoms with van der Waals surface area (Å²) in [5.74, 6) is 4.59. The van der Waals surface area contributed by atoms with Crippen molar-refractivity contribution < 1.29 is 5.11 Å². The molecule has 0 aromatic rings. The second-order valence-corrected chi connectivity index (χ2v) is 9.52. The van der Waals surface area contributed by atoms with E-state index >= 15 is 0 Å². The Morgan fingerprint density at radius 2 is 1.77 bits per heavy atom. The molecule has 0 spiro atoms. The quantitative estimate of drug-likeness (QED) is 0.722. The lowest BCUT2D eigenvalue weighted by Gasteiger charge is -2.61. The van der Waals surface area contributed by atoms with E-state index in [1.807, 2.05) is 0 Å². The molecule has 4 saturated carbocycles. The molecule has 1 nitrogen and oxygen atoms in total. The Morgan fingerprint density at radius 3 is 2.55 bits per heavy atom. The molecule has 22 heavy (non-hydrogen) atoms. The Balaban J connectivity index is 1.65. The van der Waals surface area contributed by atoms with E-state index in [4.69, 9.17) is 0 Å². The zero-order chi connectivity index (χ0) is 15.4. The van der Waals surface area contributed by atoms with E-state index in [0.717, 1.165) is 29.6 Å². The van der Waals surface area contributed by atoms with Crippen molar-refractivity contribution >= 4 is 0 Å². The largest absolute Gasteiger partial charge is 0.396 e. The van der Waals surface area contributed by atoms with Crippen LogP contribution in [0.4, 0.5) is 0 Å². The van der Waals surface area contributed by atoms with Crippen LogP contribution in [0.5, 0.6) is 0 Å². The predicted octanol–water partition coefficient (Wildman–Crippen LogP) is 5.42. The van der Waals surface area contributed by atoms with Gasteiger partial charge in [0, 0.05) is 6.61 Å². The fourth-order valence-corrected chi connectivity index (χ4v) is 8.16. The van der Waals surface area contributed by atoms with Gasteiger partial charge in [0.05, 0.1) is 0 Å². The van der Waals surface area contributed by atoms with Gasteiger partial charge in [0.15, 0.2) is 0 Å². The normalized spacial score (nSPS) is 54.4. The van der Waals surface area contributed by atoms with Gasteiger partial charge in [-0.1, -0.05) is 33.1 Å². The van der Waals surface area contributed by atoms with Crippen LogP contribution in [-0.2, 0) is 0 Å². The number of aliphatic hydroxyl groups is 1. The third-order valence-electron chi connectivity index (χ3n) is 9.27. The topological polar surface area (TPSA) is 20.2 Å². The van der Waals surface area contributed by atoms with Crippen molar-refractivity contribution in [2.45, 2.75) is 84.5 Å². The van der Waals surface area contributed by atoms with Gasteiger partial charge >= 0.3 is 0 Å². The van der Waals surface area contributed by atoms with E-state index in [1.165, 1.54) is 70.6 Å². The van der Waals surface area contributed by atoms with Crippen LogP contribution in [0, 0.1) is 40.4 Å². The van der Waals surface area contributed by atoms with Gasteiger partial charge in [-0.2, -0.15) is 0 Å². The summed E-state index contributed by atoms with van der Waals surface area (Å²) in [7, 11) is 0. The minimum absolute atomic E-state index is 0.326. The van der Waals surface area contributed by atoms with Gasteiger partial charge in [-0.15, -0.1) is 0 Å². The molecule has 0 unspecified atom stereocenters. The zero-order valence-electron chi connectivity index (χ0n) is 14.8. The van der Waals surface area contributed by atoms with Gasteiger partial charge in [-0.25, -0.2) is 0 Å². The van der Waals surface area contributed by atoms with Gasteiger partial charge in [0.1, 0.15) is 0 Å². The van der Waals surface area contributed by atoms with Gasteiger partial charge in [-0.3, -0.25) is 0 Å². The van der Waals surface area contributed by atoms with Crippen molar-refractivity contribution in [1.82, 2.24) is 0 Å². The first-order valence-corrected chi connectivity index (χ1v) is 10.3. The average molecular weight is 305 g/mol. The monoisotopic (exact) mass is 304 g/mol. The number of hydrogen-bond donors (Lipinski definition) is 1. The highest BCUT2D eigenvalue weighted by Crippen LogP contribution is 2.67. The van der Waals surface area contributed by atoms with Crippen LogP contribution < -0.4 is 0 Å². The number of fused-ring (bicyclic) bond motifs is 5. The number of hydrogen-bond acceptors (Lipinski definition) is 1. The van der Waals surface area contributed by atoms with E-state index in [2.05, 4.69) is 13.8 Å². The lowest BCUT2D eigenvalue weighted by molar-refractivity contribution is -0.139. The smallest absolute Gasteiger partial charge is 0.0492 e. The maximum absolute atomic E-state index is 10.4. The first-order valence-electron chi connectivity index (χ1n) is 10.3. The third kappa shape index (κ3) is 1.93. The van der Waals surface area contributed by atoms with Gasteiger partial charge < -0.3 is 5.11 Å². The van der Waals surface area contributed by atoms with Crippen LogP contribution in [0.15, 0.2) is 0 Å². The van der Waals surface area contributed by atoms with E-state index in [1.54, 1.807) is 0 Å². The summed E-state index contributed by atoms with van der Waals surface area (Å²) in [6, 6.07) is 0. The van der Waals surface area contributed by atoms with E-state index < -0.39 is 0 Å². The van der Waals surface area contributed by atoms with Crippen LogP contribution in [0.1, 0.15) is 84.5 Å². The van der Waals surface area contributed by atoms with Crippen molar-refractivity contribution in [2.75, 3.05) is 6.61 Å². The molecule has 4 rings (SSSR count). The van der Waals surface area contributed by atoms with Crippen molar-refractivity contribution in [3.8, 4) is 0 Å². The van der Waals surface area contributed by atoms with Crippen molar-refractivity contribution in [3.05, 3.63) is 0 Å². The first kappa shape index (κ1) is 15.5. The summed E-state index contributed by atoms with van der Waals surface area (Å²) in [4.78, 5) is 0.